The molecule has 1 amide bonds. The van der Waals surface area contributed by atoms with Crippen molar-refractivity contribution < 1.29 is 23.5 Å². The number of alkyl halides is 2. The van der Waals surface area contributed by atoms with Gasteiger partial charge in [0.2, 0.25) is 5.91 Å². The summed E-state index contributed by atoms with van der Waals surface area (Å²) in [5.41, 5.74) is 1.72. The van der Waals surface area contributed by atoms with Gasteiger partial charge in [-0.3, -0.25) is 14.2 Å². The quantitative estimate of drug-likeness (QED) is 0.457. The zero-order valence-electron chi connectivity index (χ0n) is 22.8. The molecule has 1 saturated heterocycles. The molecule has 3 aliphatic carbocycles. The molecule has 1 atom stereocenters. The van der Waals surface area contributed by atoms with Gasteiger partial charge in [-0.15, -0.1) is 0 Å². The van der Waals surface area contributed by atoms with Crippen LogP contribution in [0.4, 0.5) is 14.5 Å². The number of piperidine rings is 1. The monoisotopic (exact) mass is 550 g/mol. The lowest BCUT2D eigenvalue weighted by molar-refractivity contribution is -0.193. The Bertz CT molecular complexity index is 1600. The highest BCUT2D eigenvalue weighted by molar-refractivity contribution is 5.94. The van der Waals surface area contributed by atoms with Crippen molar-refractivity contribution in [2.24, 2.45) is 12.5 Å². The molecule has 2 heterocycles. The topological polar surface area (TPSA) is 105 Å². The molecular weight excluding hydrogens is 518 g/mol. The van der Waals surface area contributed by atoms with Crippen LogP contribution in [0, 0.1) is 12.3 Å². The van der Waals surface area contributed by atoms with Gasteiger partial charge in [0, 0.05) is 49.6 Å². The van der Waals surface area contributed by atoms with Gasteiger partial charge in [0.1, 0.15) is 5.82 Å². The number of carbonyl (C=O) groups excluding carboxylic acids is 1. The van der Waals surface area contributed by atoms with Crippen molar-refractivity contribution >= 4 is 28.5 Å². The Hall–Kier alpha value is -3.82. The van der Waals surface area contributed by atoms with Crippen LogP contribution >= 0.6 is 0 Å². The van der Waals surface area contributed by atoms with Gasteiger partial charge in [0.15, 0.2) is 0 Å². The molecule has 2 aromatic carbocycles. The molecule has 210 valence electrons. The van der Waals surface area contributed by atoms with Crippen LogP contribution in [-0.2, 0) is 17.3 Å². The second kappa shape index (κ2) is 8.84. The first-order valence-corrected chi connectivity index (χ1v) is 13.6. The molecule has 1 aromatic heterocycles. The first-order chi connectivity index (χ1) is 18.8. The zero-order chi connectivity index (χ0) is 28.6. The van der Waals surface area contributed by atoms with E-state index in [4.69, 9.17) is 4.98 Å². The fraction of sp³-hybridized carbons (Fsp3) is 0.467. The minimum absolute atomic E-state index is 0.0538. The van der Waals surface area contributed by atoms with Crippen molar-refractivity contribution in [3.63, 3.8) is 0 Å². The fourth-order valence-corrected chi connectivity index (χ4v) is 7.09. The van der Waals surface area contributed by atoms with E-state index in [0.29, 0.717) is 41.7 Å². The number of aromatic carboxylic acids is 1. The van der Waals surface area contributed by atoms with E-state index in [0.717, 1.165) is 11.1 Å². The minimum Gasteiger partial charge on any atom is -0.478 e. The van der Waals surface area contributed by atoms with E-state index in [-0.39, 0.29) is 49.0 Å². The summed E-state index contributed by atoms with van der Waals surface area (Å²) >= 11 is 0. The highest BCUT2D eigenvalue weighted by atomic mass is 19.3. The average molecular weight is 551 g/mol. The maximum atomic E-state index is 13.6. The lowest BCUT2D eigenvalue weighted by Crippen LogP contribution is -2.71. The number of benzene rings is 2. The van der Waals surface area contributed by atoms with Crippen molar-refractivity contribution in [3.8, 4) is 0 Å². The largest absolute Gasteiger partial charge is 0.478 e. The smallest absolute Gasteiger partial charge is 0.337 e. The van der Waals surface area contributed by atoms with Crippen LogP contribution < -0.4 is 10.9 Å². The molecule has 4 aliphatic rings. The Kier molecular flexibility index (Phi) is 5.84. The van der Waals surface area contributed by atoms with Crippen molar-refractivity contribution in [2.75, 3.05) is 18.4 Å². The lowest BCUT2D eigenvalue weighted by Gasteiger charge is -2.69. The van der Waals surface area contributed by atoms with Crippen molar-refractivity contribution in [3.05, 3.63) is 69.3 Å². The van der Waals surface area contributed by atoms with Crippen LogP contribution in [0.15, 0.2) is 41.2 Å². The molecule has 0 unspecified atom stereocenters. The van der Waals surface area contributed by atoms with E-state index in [1.165, 1.54) is 6.07 Å². The predicted molar refractivity (Wildman–Crippen MR) is 146 cm³/mol. The van der Waals surface area contributed by atoms with Gasteiger partial charge < -0.3 is 15.3 Å². The number of hydrogen-bond donors (Lipinski definition) is 2. The van der Waals surface area contributed by atoms with Gasteiger partial charge in [-0.2, -0.15) is 0 Å². The third kappa shape index (κ3) is 3.98. The van der Waals surface area contributed by atoms with E-state index in [9.17, 15) is 28.3 Å². The number of nitrogens with one attached hydrogen (secondary N) is 1. The lowest BCUT2D eigenvalue weighted by atomic mass is 9.34. The first kappa shape index (κ1) is 26.4. The number of hydrogen-bond acceptors (Lipinski definition) is 5. The van der Waals surface area contributed by atoms with Gasteiger partial charge in [0.05, 0.1) is 27.9 Å². The molecule has 3 aromatic rings. The maximum Gasteiger partial charge on any atom is 0.337 e. The maximum absolute atomic E-state index is 13.6. The number of amides is 1. The van der Waals surface area contributed by atoms with Gasteiger partial charge in [-0.25, -0.2) is 18.6 Å². The number of halogens is 2. The summed E-state index contributed by atoms with van der Waals surface area (Å²) in [6.45, 7) is 3.96. The molecule has 10 heteroatoms. The number of aromatic nitrogens is 2. The molecule has 3 saturated carbocycles. The summed E-state index contributed by atoms with van der Waals surface area (Å²) in [6, 6.07) is 10.1. The van der Waals surface area contributed by atoms with E-state index in [2.05, 4.69) is 5.32 Å². The Morgan fingerprint density at radius 2 is 1.75 bits per heavy atom. The normalized spacial score (nSPS) is 25.6. The molecule has 40 heavy (non-hydrogen) atoms. The highest BCUT2D eigenvalue weighted by Gasteiger charge is 2.74. The molecule has 0 spiro atoms. The van der Waals surface area contributed by atoms with Crippen LogP contribution in [-0.4, -0.2) is 50.4 Å². The number of carboxylic acid groups (broad SMARTS) is 1. The number of carbonyl (C=O) groups is 2. The van der Waals surface area contributed by atoms with E-state index >= 15 is 0 Å². The Balaban J connectivity index is 1.31. The summed E-state index contributed by atoms with van der Waals surface area (Å²) in [7, 11) is 1.71. The van der Waals surface area contributed by atoms with E-state index < -0.39 is 22.7 Å². The highest BCUT2D eigenvalue weighted by Crippen LogP contribution is 2.73. The Morgan fingerprint density at radius 3 is 2.40 bits per heavy atom. The number of para-hydroxylation sites is 1. The second-order valence-corrected chi connectivity index (χ2v) is 12.0. The fourth-order valence-electron chi connectivity index (χ4n) is 7.09. The summed E-state index contributed by atoms with van der Waals surface area (Å²) in [6.07, 6.45) is 1.06. The third-order valence-corrected chi connectivity index (χ3v) is 9.09. The van der Waals surface area contributed by atoms with E-state index in [1.54, 1.807) is 34.7 Å². The van der Waals surface area contributed by atoms with E-state index in [1.807, 2.05) is 26.0 Å². The third-order valence-electron chi connectivity index (χ3n) is 9.09. The number of rotatable bonds is 6. The summed E-state index contributed by atoms with van der Waals surface area (Å²) in [5, 5.41) is 13.4. The first-order valence-electron chi connectivity index (χ1n) is 13.6. The zero-order valence-corrected chi connectivity index (χ0v) is 22.8. The average Bonchev–Trinajstić information content (AvgIpc) is 2.85. The van der Waals surface area contributed by atoms with Crippen molar-refractivity contribution in [2.45, 2.75) is 63.3 Å². The predicted octanol–water partition coefficient (Wildman–Crippen LogP) is 4.79. The van der Waals surface area contributed by atoms with Crippen molar-refractivity contribution in [1.82, 2.24) is 14.5 Å². The molecule has 2 N–H and O–H groups in total. The molecule has 0 radical (unpaired) electrons. The van der Waals surface area contributed by atoms with Crippen LogP contribution in [0.1, 0.15) is 72.4 Å². The van der Waals surface area contributed by atoms with Crippen LogP contribution in [0.2, 0.25) is 0 Å². The molecule has 2 bridgehead atoms. The SMILES string of the molecule is Cc1cc([C@@H](C)Nc2ccccc2C(=O)O)c2nc(C34CC(C(=O)N5CCC(F)(F)CC5)(C3)C4)n(C)c(=O)c2c1. The van der Waals surface area contributed by atoms with Gasteiger partial charge in [-0.1, -0.05) is 18.2 Å². The van der Waals surface area contributed by atoms with Crippen LogP contribution in [0.25, 0.3) is 10.9 Å². The van der Waals surface area contributed by atoms with Crippen LogP contribution in [0.5, 0.6) is 0 Å². The molecule has 4 fully saturated rings. The standard InChI is InChI=1S/C30H32F2N4O4/c1-17-12-20(18(2)33-22-7-5-4-6-19(22)25(38)39)23-21(13-17)24(37)35(3)26(34-23)28-14-29(15-28,16-28)27(40)36-10-8-30(31,32)9-11-36/h4-7,12-13,18,33H,8-11,14-16H2,1-3H3,(H,38,39)/t18-,28?,29?/m1/s1. The number of anilines is 1. The number of aryl methyl sites for hydroxylation is 1. The molecular formula is C30H32F2N4O4. The van der Waals surface area contributed by atoms with Crippen molar-refractivity contribution in [1.29, 1.82) is 0 Å². The Morgan fingerprint density at radius 1 is 1.10 bits per heavy atom. The van der Waals surface area contributed by atoms with Crippen LogP contribution in [0.3, 0.4) is 0 Å². The number of nitrogens with zero attached hydrogens (tertiary/aromatic N) is 3. The summed E-state index contributed by atoms with van der Waals surface area (Å²) in [5.74, 6) is -3.17. The summed E-state index contributed by atoms with van der Waals surface area (Å²) < 4.78 is 28.8. The number of likely N-dealkylation sites (tertiary alicyclic amines) is 1. The minimum atomic E-state index is -2.71. The number of carboxylic acids is 1. The van der Waals surface area contributed by atoms with Gasteiger partial charge in [0.25, 0.3) is 11.5 Å². The van der Waals surface area contributed by atoms with Gasteiger partial charge in [-0.05, 0) is 56.9 Å². The Labute approximate surface area is 230 Å². The molecule has 1 aliphatic heterocycles. The number of fused-ring (bicyclic) bond motifs is 1. The molecule has 7 rings (SSSR count). The van der Waals surface area contributed by atoms with Gasteiger partial charge >= 0.3 is 5.97 Å². The summed E-state index contributed by atoms with van der Waals surface area (Å²) in [4.78, 5) is 45.2. The molecule has 8 nitrogen and oxygen atoms in total. The second-order valence-electron chi connectivity index (χ2n) is 12.0.